The van der Waals surface area contributed by atoms with Crippen molar-refractivity contribution < 1.29 is 19.5 Å². The van der Waals surface area contributed by atoms with Gasteiger partial charge in [-0.05, 0) is 25.3 Å². The molecule has 24 heavy (non-hydrogen) atoms. The monoisotopic (exact) mass is 334 g/mol. The largest absolute Gasteiger partial charge is 0.480 e. The fourth-order valence-corrected chi connectivity index (χ4v) is 2.34. The molecule has 0 aliphatic carbocycles. The van der Waals surface area contributed by atoms with Gasteiger partial charge in [0.25, 0.3) is 0 Å². The van der Waals surface area contributed by atoms with Crippen LogP contribution in [0.2, 0.25) is 0 Å². The standard InChI is InChI=1S/C18H26N2O4/c1-14(18(23)24)20(13-16-9-5-3-6-10-16)17(22)11-7-4-8-12-19-15(2)21/h3,5-6,9-10,14H,4,7-8,11-13H2,1-2H3,(H,19,21)(H,23,24). The van der Waals surface area contributed by atoms with Gasteiger partial charge in [0.15, 0.2) is 0 Å². The molecule has 0 aliphatic rings. The number of benzene rings is 1. The maximum Gasteiger partial charge on any atom is 0.326 e. The van der Waals surface area contributed by atoms with Crippen LogP contribution in [0.1, 0.15) is 45.1 Å². The zero-order valence-electron chi connectivity index (χ0n) is 14.3. The molecule has 0 spiro atoms. The number of nitrogens with zero attached hydrogens (tertiary/aromatic N) is 1. The summed E-state index contributed by atoms with van der Waals surface area (Å²) < 4.78 is 0. The van der Waals surface area contributed by atoms with E-state index in [1.165, 1.54) is 18.7 Å². The van der Waals surface area contributed by atoms with Crippen LogP contribution in [0, 0.1) is 0 Å². The van der Waals surface area contributed by atoms with Crippen LogP contribution in [-0.4, -0.2) is 40.4 Å². The summed E-state index contributed by atoms with van der Waals surface area (Å²) in [4.78, 5) is 35.9. The van der Waals surface area contributed by atoms with Crippen LogP contribution in [0.15, 0.2) is 30.3 Å². The minimum absolute atomic E-state index is 0.0598. The minimum atomic E-state index is -1.01. The highest BCUT2D eigenvalue weighted by molar-refractivity contribution is 5.83. The second-order valence-corrected chi connectivity index (χ2v) is 5.82. The topological polar surface area (TPSA) is 86.7 Å². The summed E-state index contributed by atoms with van der Waals surface area (Å²) in [6.07, 6.45) is 2.60. The number of carbonyl (C=O) groups excluding carboxylic acids is 2. The van der Waals surface area contributed by atoms with Crippen LogP contribution in [0.25, 0.3) is 0 Å². The van der Waals surface area contributed by atoms with Gasteiger partial charge in [0.2, 0.25) is 11.8 Å². The molecule has 1 aromatic rings. The molecule has 0 radical (unpaired) electrons. The first-order valence-electron chi connectivity index (χ1n) is 8.22. The molecule has 0 bridgehead atoms. The maximum absolute atomic E-state index is 12.4. The summed E-state index contributed by atoms with van der Waals surface area (Å²) in [7, 11) is 0. The summed E-state index contributed by atoms with van der Waals surface area (Å²) in [6, 6.07) is 8.50. The van der Waals surface area contributed by atoms with Gasteiger partial charge in [-0.15, -0.1) is 0 Å². The smallest absolute Gasteiger partial charge is 0.326 e. The van der Waals surface area contributed by atoms with Crippen molar-refractivity contribution in [3.05, 3.63) is 35.9 Å². The lowest BCUT2D eigenvalue weighted by Crippen LogP contribution is -2.42. The molecule has 0 fully saturated rings. The van der Waals surface area contributed by atoms with Crippen LogP contribution in [0.3, 0.4) is 0 Å². The van der Waals surface area contributed by atoms with Crippen molar-refractivity contribution in [3.63, 3.8) is 0 Å². The predicted molar refractivity (Wildman–Crippen MR) is 91.2 cm³/mol. The highest BCUT2D eigenvalue weighted by Crippen LogP contribution is 2.12. The third-order valence-electron chi connectivity index (χ3n) is 3.78. The Morgan fingerprint density at radius 2 is 1.79 bits per heavy atom. The highest BCUT2D eigenvalue weighted by atomic mass is 16.4. The SMILES string of the molecule is CC(=O)NCCCCCC(=O)N(Cc1ccccc1)C(C)C(=O)O. The van der Waals surface area contributed by atoms with Crippen molar-refractivity contribution in [3.8, 4) is 0 Å². The summed E-state index contributed by atoms with van der Waals surface area (Å²) in [6.45, 7) is 3.89. The van der Waals surface area contributed by atoms with E-state index in [4.69, 9.17) is 0 Å². The molecule has 2 amide bonds. The van der Waals surface area contributed by atoms with Gasteiger partial charge in [-0.1, -0.05) is 36.8 Å². The number of hydrogen-bond acceptors (Lipinski definition) is 3. The van der Waals surface area contributed by atoms with E-state index in [0.717, 1.165) is 18.4 Å². The number of rotatable bonds is 10. The lowest BCUT2D eigenvalue weighted by atomic mass is 10.1. The second kappa shape index (κ2) is 10.4. The molecular formula is C18H26N2O4. The first kappa shape index (κ1) is 19.7. The number of carboxylic acids is 1. The molecule has 0 saturated heterocycles. The average molecular weight is 334 g/mol. The van der Waals surface area contributed by atoms with Crippen molar-refractivity contribution in [2.75, 3.05) is 6.54 Å². The Bertz CT molecular complexity index is 545. The number of carboxylic acid groups (broad SMARTS) is 1. The summed E-state index contributed by atoms with van der Waals surface area (Å²) in [5, 5.41) is 11.9. The van der Waals surface area contributed by atoms with E-state index in [0.29, 0.717) is 25.9 Å². The van der Waals surface area contributed by atoms with E-state index in [9.17, 15) is 19.5 Å². The Labute approximate surface area is 142 Å². The highest BCUT2D eigenvalue weighted by Gasteiger charge is 2.25. The Morgan fingerprint density at radius 1 is 1.12 bits per heavy atom. The molecule has 132 valence electrons. The van der Waals surface area contributed by atoms with Gasteiger partial charge in [0.05, 0.1) is 0 Å². The zero-order chi connectivity index (χ0) is 17.9. The van der Waals surface area contributed by atoms with E-state index in [1.807, 2.05) is 30.3 Å². The van der Waals surface area contributed by atoms with E-state index < -0.39 is 12.0 Å². The van der Waals surface area contributed by atoms with Crippen LogP contribution in [0.4, 0.5) is 0 Å². The number of carbonyl (C=O) groups is 3. The average Bonchev–Trinajstić information content (AvgIpc) is 2.55. The Kier molecular flexibility index (Phi) is 8.54. The molecule has 1 unspecified atom stereocenters. The van der Waals surface area contributed by atoms with Crippen LogP contribution < -0.4 is 5.32 Å². The van der Waals surface area contributed by atoms with Gasteiger partial charge in [0, 0.05) is 26.4 Å². The summed E-state index contributed by atoms with van der Waals surface area (Å²) in [5.41, 5.74) is 0.907. The Balaban J connectivity index is 2.51. The van der Waals surface area contributed by atoms with E-state index >= 15 is 0 Å². The van der Waals surface area contributed by atoms with Crippen LogP contribution in [0.5, 0.6) is 0 Å². The Morgan fingerprint density at radius 3 is 2.38 bits per heavy atom. The molecule has 6 heteroatoms. The van der Waals surface area contributed by atoms with Crippen LogP contribution in [-0.2, 0) is 20.9 Å². The fraction of sp³-hybridized carbons (Fsp3) is 0.500. The molecule has 0 heterocycles. The minimum Gasteiger partial charge on any atom is -0.480 e. The van der Waals surface area contributed by atoms with Gasteiger partial charge in [-0.3, -0.25) is 9.59 Å². The Hall–Kier alpha value is -2.37. The third-order valence-corrected chi connectivity index (χ3v) is 3.78. The lowest BCUT2D eigenvalue weighted by Gasteiger charge is -2.27. The molecule has 6 nitrogen and oxygen atoms in total. The number of unbranched alkanes of at least 4 members (excludes halogenated alkanes) is 2. The van der Waals surface area contributed by atoms with Crippen LogP contribution >= 0.6 is 0 Å². The molecule has 0 saturated carbocycles. The molecule has 2 N–H and O–H groups in total. The normalized spacial score (nSPS) is 11.6. The summed E-state index contributed by atoms with van der Waals surface area (Å²) in [5.74, 6) is -1.23. The lowest BCUT2D eigenvalue weighted by molar-refractivity contribution is -0.150. The van der Waals surface area contributed by atoms with Crippen molar-refractivity contribution in [2.45, 2.75) is 52.1 Å². The maximum atomic E-state index is 12.4. The molecule has 1 atom stereocenters. The van der Waals surface area contributed by atoms with E-state index in [2.05, 4.69) is 5.32 Å². The van der Waals surface area contributed by atoms with Crippen molar-refractivity contribution in [2.24, 2.45) is 0 Å². The fourth-order valence-electron chi connectivity index (χ4n) is 2.34. The zero-order valence-corrected chi connectivity index (χ0v) is 14.3. The van der Waals surface area contributed by atoms with E-state index in [-0.39, 0.29) is 11.8 Å². The van der Waals surface area contributed by atoms with E-state index in [1.54, 1.807) is 0 Å². The molecule has 1 rings (SSSR count). The van der Waals surface area contributed by atoms with Gasteiger partial charge in [-0.2, -0.15) is 0 Å². The quantitative estimate of drug-likeness (QED) is 0.642. The molecule has 1 aromatic carbocycles. The first-order valence-corrected chi connectivity index (χ1v) is 8.22. The number of nitrogens with one attached hydrogen (secondary N) is 1. The number of amides is 2. The molecule has 0 aromatic heterocycles. The summed E-state index contributed by atoms with van der Waals surface area (Å²) >= 11 is 0. The van der Waals surface area contributed by atoms with Gasteiger partial charge >= 0.3 is 5.97 Å². The predicted octanol–water partition coefficient (Wildman–Crippen LogP) is 2.18. The second-order valence-electron chi connectivity index (χ2n) is 5.82. The van der Waals surface area contributed by atoms with Gasteiger partial charge in [-0.25, -0.2) is 4.79 Å². The number of hydrogen-bond donors (Lipinski definition) is 2. The van der Waals surface area contributed by atoms with Gasteiger partial charge < -0.3 is 15.3 Å². The molecule has 0 aliphatic heterocycles. The van der Waals surface area contributed by atoms with Crippen molar-refractivity contribution in [1.82, 2.24) is 10.2 Å². The third kappa shape index (κ3) is 7.26. The number of aliphatic carboxylic acids is 1. The van der Waals surface area contributed by atoms with Gasteiger partial charge in [0.1, 0.15) is 6.04 Å². The molecular weight excluding hydrogens is 308 g/mol. The van der Waals surface area contributed by atoms with Crippen molar-refractivity contribution >= 4 is 17.8 Å². The first-order chi connectivity index (χ1) is 11.4. The van der Waals surface area contributed by atoms with Crippen molar-refractivity contribution in [1.29, 1.82) is 0 Å².